The third-order valence-corrected chi connectivity index (χ3v) is 1.43. The molecule has 0 bridgehead atoms. The molecule has 1 aromatic carbocycles. The smallest absolute Gasteiger partial charge is 0.250 e. The Hall–Kier alpha value is -1.62. The maximum atomic E-state index is 12.5. The van der Waals surface area contributed by atoms with Crippen LogP contribution in [0.25, 0.3) is 0 Å². The predicted molar refractivity (Wildman–Crippen MR) is 46.5 cm³/mol. The number of nitrogens with two attached hydrogens (primary N) is 1. The highest BCUT2D eigenvalue weighted by Crippen LogP contribution is 2.18. The molecule has 13 heavy (non-hydrogen) atoms. The van der Waals surface area contributed by atoms with Crippen molar-refractivity contribution < 1.29 is 14.3 Å². The van der Waals surface area contributed by atoms with Crippen LogP contribution in [0.5, 0.6) is 0 Å². The number of anilines is 2. The average Bonchev–Trinajstić information content (AvgIpc) is 2.09. The summed E-state index contributed by atoms with van der Waals surface area (Å²) in [7, 11) is 0. The number of benzene rings is 1. The number of carbonyl (C=O) groups excluding carboxylic acids is 1. The fraction of sp³-hybridized carbons (Fsp3) is 0.125. The number of hydrogen-bond donors (Lipinski definition) is 3. The van der Waals surface area contributed by atoms with E-state index in [1.807, 2.05) is 0 Å². The van der Waals surface area contributed by atoms with Gasteiger partial charge in [0.15, 0.2) is 0 Å². The Morgan fingerprint density at radius 1 is 1.62 bits per heavy atom. The van der Waals surface area contributed by atoms with Crippen molar-refractivity contribution >= 4 is 17.3 Å². The van der Waals surface area contributed by atoms with Crippen molar-refractivity contribution in [1.82, 2.24) is 0 Å². The summed E-state index contributed by atoms with van der Waals surface area (Å²) in [5, 5.41) is 10.7. The molecule has 0 atom stereocenters. The zero-order valence-electron chi connectivity index (χ0n) is 6.75. The van der Waals surface area contributed by atoms with E-state index in [2.05, 4.69) is 5.32 Å². The van der Waals surface area contributed by atoms with Crippen molar-refractivity contribution in [3.8, 4) is 0 Å². The Kier molecular flexibility index (Phi) is 2.81. The largest absolute Gasteiger partial charge is 0.397 e. The standard InChI is InChI=1S/C8H9FN2O2/c9-5-1-2-7(6(10)3-5)11-8(13)4-12/h1-3,12H,4,10H2,(H,11,13). The molecular formula is C8H9FN2O2. The molecule has 0 aromatic heterocycles. The van der Waals surface area contributed by atoms with E-state index in [1.54, 1.807) is 0 Å². The summed E-state index contributed by atoms with van der Waals surface area (Å²) in [5.41, 5.74) is 5.81. The highest BCUT2D eigenvalue weighted by molar-refractivity contribution is 5.94. The van der Waals surface area contributed by atoms with E-state index in [1.165, 1.54) is 12.1 Å². The van der Waals surface area contributed by atoms with E-state index in [4.69, 9.17) is 10.8 Å². The lowest BCUT2D eigenvalue weighted by Gasteiger charge is -2.05. The van der Waals surface area contributed by atoms with Gasteiger partial charge in [0.05, 0.1) is 11.4 Å². The van der Waals surface area contributed by atoms with E-state index in [9.17, 15) is 9.18 Å². The minimum Gasteiger partial charge on any atom is -0.397 e. The van der Waals surface area contributed by atoms with Crippen molar-refractivity contribution in [2.45, 2.75) is 0 Å². The molecule has 1 amide bonds. The number of nitrogens with one attached hydrogen (secondary N) is 1. The molecule has 0 saturated carbocycles. The van der Waals surface area contributed by atoms with Gasteiger partial charge >= 0.3 is 0 Å². The molecule has 4 N–H and O–H groups in total. The summed E-state index contributed by atoms with van der Waals surface area (Å²) in [6.07, 6.45) is 0. The summed E-state index contributed by atoms with van der Waals surface area (Å²) in [6.45, 7) is -0.628. The van der Waals surface area contributed by atoms with Gasteiger partial charge in [-0.05, 0) is 18.2 Å². The van der Waals surface area contributed by atoms with Gasteiger partial charge in [0.25, 0.3) is 0 Å². The Morgan fingerprint density at radius 3 is 2.85 bits per heavy atom. The number of amides is 1. The van der Waals surface area contributed by atoms with Gasteiger partial charge in [0, 0.05) is 0 Å². The molecule has 1 rings (SSSR count). The van der Waals surface area contributed by atoms with Crippen LogP contribution in [0.4, 0.5) is 15.8 Å². The predicted octanol–water partition coefficient (Wildman–Crippen LogP) is 0.339. The molecule has 0 aliphatic carbocycles. The third-order valence-electron chi connectivity index (χ3n) is 1.43. The molecule has 4 nitrogen and oxygen atoms in total. The van der Waals surface area contributed by atoms with Crippen molar-refractivity contribution in [3.05, 3.63) is 24.0 Å². The first-order valence-electron chi connectivity index (χ1n) is 3.59. The van der Waals surface area contributed by atoms with E-state index >= 15 is 0 Å². The van der Waals surface area contributed by atoms with Gasteiger partial charge < -0.3 is 16.2 Å². The molecular weight excluding hydrogens is 175 g/mol. The first kappa shape index (κ1) is 9.47. The minimum absolute atomic E-state index is 0.127. The maximum Gasteiger partial charge on any atom is 0.250 e. The van der Waals surface area contributed by atoms with Crippen LogP contribution < -0.4 is 11.1 Å². The summed E-state index contributed by atoms with van der Waals surface area (Å²) in [6, 6.07) is 3.59. The first-order chi connectivity index (χ1) is 6.13. The van der Waals surface area contributed by atoms with Gasteiger partial charge in [0.1, 0.15) is 12.4 Å². The van der Waals surface area contributed by atoms with Crippen LogP contribution in [0.15, 0.2) is 18.2 Å². The number of hydrogen-bond acceptors (Lipinski definition) is 3. The van der Waals surface area contributed by atoms with Crippen molar-refractivity contribution in [2.24, 2.45) is 0 Å². The zero-order valence-corrected chi connectivity index (χ0v) is 6.75. The normalized spacial score (nSPS) is 9.69. The van der Waals surface area contributed by atoms with Crippen LogP contribution in [-0.2, 0) is 4.79 Å². The second-order valence-electron chi connectivity index (χ2n) is 2.44. The fourth-order valence-electron chi connectivity index (χ4n) is 0.837. The van der Waals surface area contributed by atoms with Crippen LogP contribution in [-0.4, -0.2) is 17.6 Å². The van der Waals surface area contributed by atoms with Gasteiger partial charge in [-0.25, -0.2) is 4.39 Å². The van der Waals surface area contributed by atoms with Crippen molar-refractivity contribution in [3.63, 3.8) is 0 Å². The molecule has 0 heterocycles. The Balaban J connectivity index is 2.83. The second kappa shape index (κ2) is 3.86. The van der Waals surface area contributed by atoms with Crippen LogP contribution in [0, 0.1) is 5.82 Å². The number of aliphatic hydroxyl groups is 1. The van der Waals surface area contributed by atoms with Crippen molar-refractivity contribution in [1.29, 1.82) is 0 Å². The fourth-order valence-corrected chi connectivity index (χ4v) is 0.837. The second-order valence-corrected chi connectivity index (χ2v) is 2.44. The van der Waals surface area contributed by atoms with E-state index in [0.717, 1.165) is 6.07 Å². The lowest BCUT2D eigenvalue weighted by molar-refractivity contribution is -0.118. The number of carbonyl (C=O) groups is 1. The molecule has 0 aliphatic rings. The van der Waals surface area contributed by atoms with Gasteiger partial charge in [0.2, 0.25) is 5.91 Å². The number of nitrogen functional groups attached to an aromatic ring is 1. The minimum atomic E-state index is -0.628. The zero-order chi connectivity index (χ0) is 9.84. The Morgan fingerprint density at radius 2 is 2.31 bits per heavy atom. The molecule has 0 aliphatic heterocycles. The molecule has 1 aromatic rings. The maximum absolute atomic E-state index is 12.5. The summed E-state index contributed by atoms with van der Waals surface area (Å²) in [4.78, 5) is 10.7. The molecule has 0 spiro atoms. The average molecular weight is 184 g/mol. The lowest BCUT2D eigenvalue weighted by Crippen LogP contribution is -2.16. The van der Waals surface area contributed by atoms with E-state index in [-0.39, 0.29) is 5.69 Å². The quantitative estimate of drug-likeness (QED) is 0.580. The molecule has 70 valence electrons. The Labute approximate surface area is 74.2 Å². The summed E-state index contributed by atoms with van der Waals surface area (Å²) in [5.74, 6) is -1.06. The summed E-state index contributed by atoms with van der Waals surface area (Å²) >= 11 is 0. The summed E-state index contributed by atoms with van der Waals surface area (Å²) < 4.78 is 12.5. The van der Waals surface area contributed by atoms with E-state index in [0.29, 0.717) is 5.69 Å². The number of aliphatic hydroxyl groups excluding tert-OH is 1. The molecule has 5 heteroatoms. The van der Waals surface area contributed by atoms with Gasteiger partial charge in [-0.3, -0.25) is 4.79 Å². The molecule has 0 fully saturated rings. The van der Waals surface area contributed by atoms with Crippen LogP contribution in [0.1, 0.15) is 0 Å². The lowest BCUT2D eigenvalue weighted by atomic mass is 10.2. The first-order valence-corrected chi connectivity index (χ1v) is 3.59. The number of rotatable bonds is 2. The third kappa shape index (κ3) is 2.41. The van der Waals surface area contributed by atoms with Crippen LogP contribution >= 0.6 is 0 Å². The van der Waals surface area contributed by atoms with Gasteiger partial charge in [-0.2, -0.15) is 0 Å². The van der Waals surface area contributed by atoms with Crippen LogP contribution in [0.2, 0.25) is 0 Å². The van der Waals surface area contributed by atoms with Crippen LogP contribution in [0.3, 0.4) is 0 Å². The van der Waals surface area contributed by atoms with E-state index < -0.39 is 18.3 Å². The molecule has 0 unspecified atom stereocenters. The molecule has 0 saturated heterocycles. The van der Waals surface area contributed by atoms with Gasteiger partial charge in [-0.15, -0.1) is 0 Å². The topological polar surface area (TPSA) is 75.3 Å². The highest BCUT2D eigenvalue weighted by atomic mass is 19.1. The van der Waals surface area contributed by atoms with Gasteiger partial charge in [-0.1, -0.05) is 0 Å². The highest BCUT2D eigenvalue weighted by Gasteiger charge is 2.03. The SMILES string of the molecule is Nc1cc(F)ccc1NC(=O)CO. The Bertz CT molecular complexity index is 328. The van der Waals surface area contributed by atoms with Crippen molar-refractivity contribution in [2.75, 3.05) is 17.7 Å². The number of halogens is 1. The monoisotopic (exact) mass is 184 g/mol. The molecule has 0 radical (unpaired) electrons.